The van der Waals surface area contributed by atoms with Gasteiger partial charge in [0.15, 0.2) is 12.7 Å². The minimum atomic E-state index is -2.85. The Labute approximate surface area is 392 Å². The van der Waals surface area contributed by atoms with E-state index in [-0.39, 0.29) is 88.4 Å². The van der Waals surface area contributed by atoms with Gasteiger partial charge in [-0.25, -0.2) is 0 Å². The van der Waals surface area contributed by atoms with Crippen molar-refractivity contribution >= 4 is 67.6 Å². The zero-order chi connectivity index (χ0) is 46.8. The molecule has 0 rings (SSSR count). The Morgan fingerprint density at radius 1 is 0.508 bits per heavy atom. The van der Waals surface area contributed by atoms with E-state index in [1.165, 1.54) is 13.3 Å². The summed E-state index contributed by atoms with van der Waals surface area (Å²) in [4.78, 5) is 33.2. The predicted octanol–water partition coefficient (Wildman–Crippen LogP) is 10.2. The Bertz CT molecular complexity index is 1320. The molecule has 0 radical (unpaired) electrons. The number of rotatable bonds is 18. The molecular formula is C39H112N5O12P7. The van der Waals surface area contributed by atoms with Crippen molar-refractivity contribution in [1.29, 1.82) is 0 Å². The largest absolute Gasteiger partial charge is 0.389 e. The van der Waals surface area contributed by atoms with Gasteiger partial charge in [0.1, 0.15) is 32.7 Å². The van der Waals surface area contributed by atoms with Crippen molar-refractivity contribution in [2.45, 2.75) is 99.4 Å². The molecule has 6 unspecified atom stereocenters. The van der Waals surface area contributed by atoms with Gasteiger partial charge >= 0.3 is 0 Å². The number of hydrogen-bond donors (Lipinski definition) is 6. The van der Waals surface area contributed by atoms with Crippen LogP contribution >= 0.6 is 50.0 Å². The number of hydrogen-bond acceptors (Lipinski definition) is 17. The molecule has 0 aliphatic carbocycles. The van der Waals surface area contributed by atoms with E-state index < -0.39 is 56.3 Å². The smallest absolute Gasteiger partial charge is 0.193 e. The van der Waals surface area contributed by atoms with E-state index in [4.69, 9.17) is 33.1 Å². The third-order valence-corrected chi connectivity index (χ3v) is 19.8. The monoisotopic (exact) mass is 1060 g/mol. The molecule has 0 aromatic carbocycles. The first-order chi connectivity index (χ1) is 25.0. The number of nitrogens with two attached hydrogens (primary N) is 4. The van der Waals surface area contributed by atoms with E-state index in [9.17, 15) is 46.3 Å². The van der Waals surface area contributed by atoms with Gasteiger partial charge < -0.3 is 74.8 Å². The van der Waals surface area contributed by atoms with E-state index >= 15 is 0 Å². The molecule has 0 amide bonds. The van der Waals surface area contributed by atoms with Crippen LogP contribution in [-0.2, 0) is 46.3 Å². The van der Waals surface area contributed by atoms with Gasteiger partial charge in [0.05, 0.1) is 53.5 Å². The summed E-state index contributed by atoms with van der Waals surface area (Å²) in [5.74, 6) is -0.0418. The predicted molar refractivity (Wildman–Crippen MR) is 295 cm³/mol. The van der Waals surface area contributed by atoms with Gasteiger partial charge in [0.2, 0.25) is 0 Å². The van der Waals surface area contributed by atoms with E-state index in [0.29, 0.717) is 37.9 Å². The molecule has 0 saturated carbocycles. The van der Waals surface area contributed by atoms with Crippen molar-refractivity contribution in [3.8, 4) is 0 Å². The van der Waals surface area contributed by atoms with Crippen molar-refractivity contribution in [2.24, 2.45) is 22.9 Å². The van der Waals surface area contributed by atoms with Crippen LogP contribution in [0.25, 0.3) is 0 Å². The topological polar surface area (TPSA) is 318 Å². The fraction of sp³-hybridized carbons (Fsp3) is 0.923. The standard InChI is InChI=1S/C6H14NO2P.C6H13O3P.C5H11O3P.3C4H12NOP.C3H10NOP.7CH4/c1-7(2)6-10(3,9)5-4-8;1-3-6(8)4-10(2,9)5-7;1-3-5(7)9(2,8)4-6;3*1-3-7(2,6)4-5;1-6(2,5)3-4;;;;;;;/h4H,5-6H2,1-3H3;7H,3-5H2,1-2H3;6H,3-4H2,1-2H3;3*3-5H2,1-2H3;3-4H2,1-2H3;7*1H4. The van der Waals surface area contributed by atoms with Gasteiger partial charge in [-0.05, 0) is 85.9 Å². The van der Waals surface area contributed by atoms with Gasteiger partial charge in [0.25, 0.3) is 0 Å². The third-order valence-electron chi connectivity index (χ3n) is 6.95. The van der Waals surface area contributed by atoms with Crippen molar-refractivity contribution in [3.05, 3.63) is 0 Å². The summed E-state index contributed by atoms with van der Waals surface area (Å²) in [7, 11) is -11.4. The second kappa shape index (κ2) is 53.3. The molecule has 0 aromatic rings. The Kier molecular flexibility index (Phi) is 85.5. The van der Waals surface area contributed by atoms with Crippen LogP contribution in [0, 0.1) is 0 Å². The van der Waals surface area contributed by atoms with Crippen molar-refractivity contribution in [1.82, 2.24) is 4.90 Å². The molecule has 0 saturated heterocycles. The van der Waals surface area contributed by atoms with Gasteiger partial charge in [-0.3, -0.25) is 9.59 Å². The van der Waals surface area contributed by atoms with Crippen LogP contribution in [0.2, 0.25) is 0 Å². The molecule has 0 fully saturated rings. The normalized spacial score (nSPS) is 15.0. The lowest BCUT2D eigenvalue weighted by Gasteiger charge is -2.14. The van der Waals surface area contributed by atoms with Crippen LogP contribution < -0.4 is 22.9 Å². The quantitative estimate of drug-likeness (QED) is 0.0549. The highest BCUT2D eigenvalue weighted by Crippen LogP contribution is 2.42. The zero-order valence-electron chi connectivity index (χ0n) is 37.3. The lowest BCUT2D eigenvalue weighted by Crippen LogP contribution is -2.14. The summed E-state index contributed by atoms with van der Waals surface area (Å²) in [5, 5.41) is 16.9. The molecular weight excluding hydrogens is 947 g/mol. The molecule has 10 N–H and O–H groups in total. The Morgan fingerprint density at radius 2 is 0.794 bits per heavy atom. The summed E-state index contributed by atoms with van der Waals surface area (Å²) >= 11 is 0. The second-order valence-electron chi connectivity index (χ2n) is 14.5. The van der Waals surface area contributed by atoms with Crippen LogP contribution in [0.3, 0.4) is 0 Å². The fourth-order valence-corrected chi connectivity index (χ4v) is 6.45. The first-order valence-corrected chi connectivity index (χ1v) is 35.7. The van der Waals surface area contributed by atoms with E-state index in [2.05, 4.69) is 0 Å². The highest BCUT2D eigenvalue weighted by molar-refractivity contribution is 7.79. The van der Waals surface area contributed by atoms with Crippen LogP contribution in [0.4, 0.5) is 0 Å². The first kappa shape index (κ1) is 101. The number of aliphatic hydroxyl groups is 2. The molecule has 24 heteroatoms. The van der Waals surface area contributed by atoms with Gasteiger partial charge in [-0.2, -0.15) is 0 Å². The average molecular weight is 1060 g/mol. The Hall–Kier alpha value is 0.340. The van der Waals surface area contributed by atoms with Gasteiger partial charge in [-0.1, -0.05) is 86.6 Å². The number of nitrogens with zero attached hydrogens (tertiary/aromatic N) is 1. The number of carbonyl (C=O) groups excluding carboxylic acids is 3. The summed E-state index contributed by atoms with van der Waals surface area (Å²) < 4.78 is 76.3. The summed E-state index contributed by atoms with van der Waals surface area (Å²) in [6.07, 6.45) is 4.83. The number of carbonyl (C=O) groups is 3. The lowest BCUT2D eigenvalue weighted by atomic mass is 10.4. The van der Waals surface area contributed by atoms with Crippen molar-refractivity contribution in [3.63, 3.8) is 0 Å². The summed E-state index contributed by atoms with van der Waals surface area (Å²) in [5.41, 5.74) is 20.2. The van der Waals surface area contributed by atoms with E-state index in [1.54, 1.807) is 53.8 Å². The molecule has 0 aliphatic heterocycles. The molecule has 400 valence electrons. The maximum absolute atomic E-state index is 11.4. The van der Waals surface area contributed by atoms with Crippen molar-refractivity contribution in [2.75, 3.05) is 142 Å². The van der Waals surface area contributed by atoms with Crippen LogP contribution in [-0.4, -0.2) is 175 Å². The molecule has 6 atom stereocenters. The minimum Gasteiger partial charge on any atom is -0.389 e. The molecule has 0 spiro atoms. The minimum absolute atomic E-state index is 0. The number of aldehydes is 1. The molecule has 0 heterocycles. The summed E-state index contributed by atoms with van der Waals surface area (Å²) in [6.45, 7) is 22.0. The molecule has 0 aromatic heterocycles. The average Bonchev–Trinajstić information content (AvgIpc) is 3.11. The number of ketones is 1. The lowest BCUT2D eigenvalue weighted by molar-refractivity contribution is -0.116. The molecule has 17 nitrogen and oxygen atoms in total. The van der Waals surface area contributed by atoms with E-state index in [1.807, 2.05) is 39.8 Å². The second-order valence-corrected chi connectivity index (χ2v) is 38.2. The maximum Gasteiger partial charge on any atom is 0.193 e. The zero-order valence-corrected chi connectivity index (χ0v) is 43.6. The highest BCUT2D eigenvalue weighted by Gasteiger charge is 2.21. The van der Waals surface area contributed by atoms with Crippen molar-refractivity contribution < 1.29 is 56.6 Å². The number of aliphatic hydroxyl groups excluding tert-OH is 2. The fourth-order valence-electron chi connectivity index (χ4n) is 2.15. The Morgan fingerprint density at radius 3 is 0.905 bits per heavy atom. The molecule has 63 heavy (non-hydrogen) atoms. The molecule has 0 aliphatic rings. The Balaban J connectivity index is -0.0000000366. The van der Waals surface area contributed by atoms with Crippen LogP contribution in [0.5, 0.6) is 0 Å². The van der Waals surface area contributed by atoms with Crippen LogP contribution in [0.15, 0.2) is 0 Å². The van der Waals surface area contributed by atoms with Gasteiger partial charge in [-0.15, -0.1) is 0 Å². The first-order valence-electron chi connectivity index (χ1n) is 18.0. The van der Waals surface area contributed by atoms with E-state index in [0.717, 1.165) is 24.8 Å². The van der Waals surface area contributed by atoms with Crippen LogP contribution in [0.1, 0.15) is 99.4 Å². The summed E-state index contributed by atoms with van der Waals surface area (Å²) in [6, 6.07) is 0. The maximum atomic E-state index is 11.4. The highest BCUT2D eigenvalue weighted by atomic mass is 31.2. The number of Topliss-reactive ketones (excluding diaryl/α,β-unsaturated/α-hetero) is 1. The third kappa shape index (κ3) is 86.1. The SMILES string of the molecule is C.C.C.C.C.C.C.CCC(=O)CP(C)(=O)CO.CCC(=O)P(C)(=O)CO.CCP(C)(=O)CN.CCP(C)(=O)CN.CCP(C)(=O)CN.CN(C)CP(C)(=O)CC=O.CP(C)(=O)CN. The van der Waals surface area contributed by atoms with Gasteiger partial charge in [0, 0.05) is 38.0 Å². The molecule has 0 bridgehead atoms.